The van der Waals surface area contributed by atoms with Crippen molar-refractivity contribution in [2.45, 2.75) is 52.4 Å². The van der Waals surface area contributed by atoms with Gasteiger partial charge in [-0.15, -0.1) is 11.3 Å². The zero-order valence-electron chi connectivity index (χ0n) is 39.3. The van der Waals surface area contributed by atoms with E-state index in [1.165, 1.54) is 138 Å². The SMILES string of the molecule is Cc1ccc(N2c3cc(-c4ccccc4)ccc3B3c4sc5cc6c(cc5c4N(c4ccc(C(C)(C)C)cc4)c4cc(C)cc2c43)-c2ccc(C)cc2C62c3ccccc3-c3ccccc32)cc1. The van der Waals surface area contributed by atoms with Crippen molar-refractivity contribution in [3.63, 3.8) is 0 Å². The summed E-state index contributed by atoms with van der Waals surface area (Å²) >= 11 is 2.00. The lowest BCUT2D eigenvalue weighted by Gasteiger charge is -2.43. The van der Waals surface area contributed by atoms with Crippen molar-refractivity contribution in [2.24, 2.45) is 0 Å². The van der Waals surface area contributed by atoms with E-state index in [1.54, 1.807) is 0 Å². The van der Waals surface area contributed by atoms with Crippen molar-refractivity contribution in [1.29, 1.82) is 0 Å². The van der Waals surface area contributed by atoms with Crippen LogP contribution in [-0.4, -0.2) is 6.71 Å². The Labute approximate surface area is 403 Å². The van der Waals surface area contributed by atoms with Crippen LogP contribution in [0, 0.1) is 20.8 Å². The van der Waals surface area contributed by atoms with Crippen molar-refractivity contribution >= 4 is 78.0 Å². The lowest BCUT2D eigenvalue weighted by Crippen LogP contribution is -2.60. The molecular formula is C64H49BN2S. The summed E-state index contributed by atoms with van der Waals surface area (Å²) in [6.45, 7) is 13.7. The summed E-state index contributed by atoms with van der Waals surface area (Å²) in [7, 11) is 0. The van der Waals surface area contributed by atoms with Gasteiger partial charge in [-0.25, -0.2) is 0 Å². The maximum absolute atomic E-state index is 2.63. The molecule has 0 bridgehead atoms. The van der Waals surface area contributed by atoms with Crippen LogP contribution in [0.2, 0.25) is 0 Å². The molecule has 3 heterocycles. The minimum absolute atomic E-state index is 0.0197. The van der Waals surface area contributed by atoms with Gasteiger partial charge in [-0.1, -0.05) is 165 Å². The van der Waals surface area contributed by atoms with Gasteiger partial charge in [0.1, 0.15) is 0 Å². The molecule has 2 nitrogen and oxygen atoms in total. The van der Waals surface area contributed by atoms with E-state index in [0.29, 0.717) is 0 Å². The molecule has 0 amide bonds. The molecule has 1 aromatic heterocycles. The molecule has 0 saturated carbocycles. The monoisotopic (exact) mass is 888 g/mol. The van der Waals surface area contributed by atoms with Crippen LogP contribution in [0.4, 0.5) is 34.1 Å². The van der Waals surface area contributed by atoms with Crippen LogP contribution in [0.15, 0.2) is 188 Å². The summed E-state index contributed by atoms with van der Waals surface area (Å²) in [5.41, 5.74) is 28.1. The number of benzene rings is 9. The number of anilines is 6. The first-order chi connectivity index (χ1) is 33.1. The zero-order chi connectivity index (χ0) is 45.8. The fraction of sp³-hybridized carbons (Fsp3) is 0.125. The number of hydrogen-bond acceptors (Lipinski definition) is 3. The molecule has 2 aliphatic carbocycles. The van der Waals surface area contributed by atoms with Gasteiger partial charge in [-0.05, 0) is 158 Å². The molecule has 9 aromatic carbocycles. The predicted molar refractivity (Wildman–Crippen MR) is 290 cm³/mol. The van der Waals surface area contributed by atoms with Crippen molar-refractivity contribution in [3.8, 4) is 33.4 Å². The number of hydrogen-bond donors (Lipinski definition) is 0. The van der Waals surface area contributed by atoms with Crippen molar-refractivity contribution < 1.29 is 0 Å². The van der Waals surface area contributed by atoms with Gasteiger partial charge in [-0.2, -0.15) is 0 Å². The molecule has 0 fully saturated rings. The molecule has 14 rings (SSSR count). The van der Waals surface area contributed by atoms with Gasteiger partial charge in [-0.3, -0.25) is 0 Å². The third kappa shape index (κ3) is 5.35. The molecule has 4 heteroatoms. The van der Waals surface area contributed by atoms with Gasteiger partial charge in [0.25, 0.3) is 6.71 Å². The molecule has 0 radical (unpaired) electrons. The smallest absolute Gasteiger partial charge is 0.264 e. The third-order valence-corrected chi connectivity index (χ3v) is 16.8. The molecule has 0 atom stereocenters. The zero-order valence-corrected chi connectivity index (χ0v) is 40.1. The Morgan fingerprint density at radius 3 is 1.76 bits per heavy atom. The van der Waals surface area contributed by atoms with E-state index in [1.807, 2.05) is 11.3 Å². The van der Waals surface area contributed by atoms with E-state index in [2.05, 4.69) is 239 Å². The second-order valence-corrected chi connectivity index (χ2v) is 21.8. The highest BCUT2D eigenvalue weighted by molar-refractivity contribution is 7.33. The molecule has 0 saturated heterocycles. The fourth-order valence-electron chi connectivity index (χ4n) is 12.5. The van der Waals surface area contributed by atoms with Crippen LogP contribution >= 0.6 is 11.3 Å². The summed E-state index contributed by atoms with van der Waals surface area (Å²) in [6.07, 6.45) is 0. The lowest BCUT2D eigenvalue weighted by atomic mass is 9.36. The highest BCUT2D eigenvalue weighted by Crippen LogP contribution is 2.64. The van der Waals surface area contributed by atoms with E-state index in [-0.39, 0.29) is 12.1 Å². The molecule has 324 valence electrons. The molecular weight excluding hydrogens is 840 g/mol. The van der Waals surface area contributed by atoms with Gasteiger partial charge in [0.2, 0.25) is 0 Å². The van der Waals surface area contributed by atoms with Crippen LogP contribution in [0.1, 0.15) is 65.3 Å². The topological polar surface area (TPSA) is 6.48 Å². The second kappa shape index (κ2) is 14.1. The van der Waals surface area contributed by atoms with Gasteiger partial charge in [0.15, 0.2) is 0 Å². The minimum Gasteiger partial charge on any atom is -0.311 e. The number of aryl methyl sites for hydroxylation is 3. The van der Waals surface area contributed by atoms with Crippen LogP contribution in [-0.2, 0) is 10.8 Å². The van der Waals surface area contributed by atoms with Crippen molar-refractivity contribution in [2.75, 3.05) is 9.80 Å². The number of nitrogens with zero attached hydrogens (tertiary/aromatic N) is 2. The van der Waals surface area contributed by atoms with Crippen molar-refractivity contribution in [3.05, 3.63) is 233 Å². The third-order valence-electron chi connectivity index (χ3n) is 15.6. The fourth-order valence-corrected chi connectivity index (χ4v) is 13.9. The molecule has 4 aliphatic rings. The highest BCUT2D eigenvalue weighted by Gasteiger charge is 2.53. The Morgan fingerprint density at radius 2 is 1.06 bits per heavy atom. The van der Waals surface area contributed by atoms with Gasteiger partial charge < -0.3 is 9.80 Å². The molecule has 10 aromatic rings. The van der Waals surface area contributed by atoms with E-state index in [0.717, 1.165) is 0 Å². The summed E-state index contributed by atoms with van der Waals surface area (Å²) in [6, 6.07) is 72.3. The molecule has 68 heavy (non-hydrogen) atoms. The Hall–Kier alpha value is -7.40. The van der Waals surface area contributed by atoms with Crippen molar-refractivity contribution in [1.82, 2.24) is 0 Å². The predicted octanol–water partition coefficient (Wildman–Crippen LogP) is 15.2. The van der Waals surface area contributed by atoms with Crippen LogP contribution in [0.5, 0.6) is 0 Å². The summed E-state index contributed by atoms with van der Waals surface area (Å²) in [4.78, 5) is 5.18. The first kappa shape index (κ1) is 39.7. The van der Waals surface area contributed by atoms with Crippen LogP contribution in [0.3, 0.4) is 0 Å². The van der Waals surface area contributed by atoms with E-state index in [9.17, 15) is 0 Å². The normalized spacial score (nSPS) is 14.4. The Morgan fingerprint density at radius 1 is 0.456 bits per heavy atom. The first-order valence-corrected chi connectivity index (χ1v) is 24.9. The maximum atomic E-state index is 2.63. The van der Waals surface area contributed by atoms with E-state index >= 15 is 0 Å². The minimum atomic E-state index is -0.419. The van der Waals surface area contributed by atoms with Crippen LogP contribution in [0.25, 0.3) is 43.5 Å². The summed E-state index contributed by atoms with van der Waals surface area (Å²) in [5.74, 6) is 0. The lowest BCUT2D eigenvalue weighted by molar-refractivity contribution is 0.590. The Bertz CT molecular complexity index is 3720. The Balaban J connectivity index is 1.09. The van der Waals surface area contributed by atoms with Crippen LogP contribution < -0.4 is 25.5 Å². The average molecular weight is 889 g/mol. The molecule has 1 spiro atoms. The van der Waals surface area contributed by atoms with Gasteiger partial charge >= 0.3 is 0 Å². The van der Waals surface area contributed by atoms with E-state index in [4.69, 9.17) is 0 Å². The summed E-state index contributed by atoms with van der Waals surface area (Å²) < 4.78 is 2.72. The summed E-state index contributed by atoms with van der Waals surface area (Å²) in [5, 5.41) is 1.31. The Kier molecular flexibility index (Phi) is 8.23. The molecule has 0 N–H and O–H groups in total. The van der Waals surface area contributed by atoms with Gasteiger partial charge in [0.05, 0.1) is 11.1 Å². The molecule has 0 unspecified atom stereocenters. The maximum Gasteiger partial charge on any atom is 0.264 e. The number of rotatable bonds is 3. The first-order valence-electron chi connectivity index (χ1n) is 24.1. The second-order valence-electron chi connectivity index (χ2n) is 20.7. The highest BCUT2D eigenvalue weighted by atomic mass is 32.1. The van der Waals surface area contributed by atoms with Gasteiger partial charge in [0, 0.05) is 43.3 Å². The largest absolute Gasteiger partial charge is 0.311 e. The average Bonchev–Trinajstić information content (AvgIpc) is 3.96. The number of thiophene rings is 1. The standard InChI is InChI=1S/C64H49BN2S/c1-38-20-26-44(27-21-38)66-56-35-42(41-14-8-7-9-15-41)23-31-55(56)65-60-57(66)33-40(3)34-58(60)67(45-28-24-43(25-29-45)63(4,5)6)61-50-36-49-48-30-22-39(2)32-53(48)64(54(49)37-59(50)68-62(61)65)51-18-12-10-16-46(51)47-17-11-13-19-52(47)64/h7-37H,1-6H3. The molecule has 2 aliphatic heterocycles. The van der Waals surface area contributed by atoms with E-state index < -0.39 is 5.41 Å². The quantitative estimate of drug-likeness (QED) is 0.163. The number of fused-ring (bicyclic) bond motifs is 16.